The van der Waals surface area contributed by atoms with Gasteiger partial charge in [0.1, 0.15) is 11.4 Å². The van der Waals surface area contributed by atoms with Crippen LogP contribution in [0.2, 0.25) is 0 Å². The van der Waals surface area contributed by atoms with E-state index >= 15 is 0 Å². The first-order valence-electron chi connectivity index (χ1n) is 7.26. The van der Waals surface area contributed by atoms with Crippen LogP contribution in [-0.2, 0) is 9.47 Å². The molecule has 0 saturated carbocycles. The molecule has 1 aliphatic rings. The second-order valence-corrected chi connectivity index (χ2v) is 6.27. The summed E-state index contributed by atoms with van der Waals surface area (Å²) in [6.45, 7) is 9.10. The number of halogens is 1. The summed E-state index contributed by atoms with van der Waals surface area (Å²) in [5, 5.41) is 2.43. The van der Waals surface area contributed by atoms with Crippen molar-refractivity contribution < 1.29 is 18.7 Å². The zero-order chi connectivity index (χ0) is 16.3. The minimum atomic E-state index is -0.696. The molecule has 0 bridgehead atoms. The Labute approximate surface area is 129 Å². The summed E-state index contributed by atoms with van der Waals surface area (Å²) in [4.78, 5) is 17.9. The van der Waals surface area contributed by atoms with Gasteiger partial charge in [-0.3, -0.25) is 5.32 Å². The Balaban J connectivity index is 2.14. The van der Waals surface area contributed by atoms with Crippen LogP contribution in [0.1, 0.15) is 27.7 Å². The summed E-state index contributed by atoms with van der Waals surface area (Å²) in [5.74, 6) is -0.00113. The highest BCUT2D eigenvalue weighted by atomic mass is 19.1. The Hall–Kier alpha value is -1.89. The molecule has 1 N–H and O–H groups in total. The van der Waals surface area contributed by atoms with Crippen LogP contribution in [0.15, 0.2) is 12.3 Å². The summed E-state index contributed by atoms with van der Waals surface area (Å²) in [5.41, 5.74) is -0.590. The summed E-state index contributed by atoms with van der Waals surface area (Å²) in [6, 6.07) is 1.65. The van der Waals surface area contributed by atoms with Gasteiger partial charge in [-0.25, -0.2) is 14.2 Å². The van der Waals surface area contributed by atoms with Gasteiger partial charge in [-0.2, -0.15) is 0 Å². The van der Waals surface area contributed by atoms with Gasteiger partial charge in [-0.1, -0.05) is 0 Å². The summed E-state index contributed by atoms with van der Waals surface area (Å²) in [7, 11) is 0. The fraction of sp³-hybridized carbons (Fsp3) is 0.600. The minimum absolute atomic E-state index is 0.0536. The van der Waals surface area contributed by atoms with Crippen molar-refractivity contribution >= 4 is 17.6 Å². The van der Waals surface area contributed by atoms with Crippen LogP contribution in [-0.4, -0.2) is 42.5 Å². The molecule has 0 unspecified atom stereocenters. The topological polar surface area (TPSA) is 63.7 Å². The van der Waals surface area contributed by atoms with E-state index in [0.29, 0.717) is 25.6 Å². The number of anilines is 2. The molecule has 0 radical (unpaired) electrons. The first kappa shape index (κ1) is 16.5. The molecular formula is C15H22FN3O3. The number of rotatable bonds is 2. The molecule has 2 rings (SSSR count). The molecule has 2 heterocycles. The number of aromatic nitrogens is 1. The Morgan fingerprint density at radius 1 is 1.55 bits per heavy atom. The number of hydrogen-bond acceptors (Lipinski definition) is 5. The summed E-state index contributed by atoms with van der Waals surface area (Å²) >= 11 is 0. The lowest BCUT2D eigenvalue weighted by atomic mass is 10.2. The van der Waals surface area contributed by atoms with Crippen LogP contribution in [0.4, 0.5) is 20.7 Å². The number of hydrogen-bond donors (Lipinski definition) is 1. The molecule has 0 aliphatic carbocycles. The largest absolute Gasteiger partial charge is 0.444 e. The monoisotopic (exact) mass is 311 g/mol. The second-order valence-electron chi connectivity index (χ2n) is 6.27. The lowest BCUT2D eigenvalue weighted by molar-refractivity contribution is 0.0635. The van der Waals surface area contributed by atoms with Gasteiger partial charge < -0.3 is 14.4 Å². The van der Waals surface area contributed by atoms with E-state index in [4.69, 9.17) is 9.47 Å². The average molecular weight is 311 g/mol. The maximum atomic E-state index is 13.9. The van der Waals surface area contributed by atoms with Crippen LogP contribution in [0, 0.1) is 5.82 Å². The fourth-order valence-corrected chi connectivity index (χ4v) is 2.16. The number of carbonyl (C=O) groups excluding carboxylic acids is 1. The lowest BCUT2D eigenvalue weighted by Gasteiger charge is -2.34. The van der Waals surface area contributed by atoms with Crippen LogP contribution in [0.5, 0.6) is 0 Å². The van der Waals surface area contributed by atoms with Crippen molar-refractivity contribution in [2.75, 3.05) is 30.0 Å². The van der Waals surface area contributed by atoms with Crippen molar-refractivity contribution in [1.82, 2.24) is 4.98 Å². The molecule has 1 aromatic heterocycles. The molecule has 7 heteroatoms. The van der Waals surface area contributed by atoms with E-state index < -0.39 is 17.5 Å². The van der Waals surface area contributed by atoms with E-state index in [9.17, 15) is 9.18 Å². The van der Waals surface area contributed by atoms with Crippen molar-refractivity contribution in [3.05, 3.63) is 18.1 Å². The van der Waals surface area contributed by atoms with Crippen molar-refractivity contribution in [1.29, 1.82) is 0 Å². The van der Waals surface area contributed by atoms with Crippen molar-refractivity contribution in [3.63, 3.8) is 0 Å². The third-order valence-electron chi connectivity index (χ3n) is 3.14. The van der Waals surface area contributed by atoms with E-state index in [1.54, 1.807) is 20.8 Å². The molecule has 1 saturated heterocycles. The molecule has 1 atom stereocenters. The molecule has 122 valence electrons. The van der Waals surface area contributed by atoms with E-state index in [-0.39, 0.29) is 11.7 Å². The van der Waals surface area contributed by atoms with Gasteiger partial charge in [0.15, 0.2) is 5.82 Å². The van der Waals surface area contributed by atoms with Crippen molar-refractivity contribution in [2.24, 2.45) is 0 Å². The fourth-order valence-electron chi connectivity index (χ4n) is 2.16. The maximum Gasteiger partial charge on any atom is 0.412 e. The maximum absolute atomic E-state index is 13.9. The summed E-state index contributed by atoms with van der Waals surface area (Å²) in [6.07, 6.45) is 0.406. The highest BCUT2D eigenvalue weighted by Gasteiger charge is 2.22. The Bertz CT molecular complexity index is 545. The Morgan fingerprint density at radius 2 is 2.27 bits per heavy atom. The van der Waals surface area contributed by atoms with E-state index in [0.717, 1.165) is 6.20 Å². The number of pyridine rings is 1. The van der Waals surface area contributed by atoms with Crippen LogP contribution < -0.4 is 10.2 Å². The summed E-state index contributed by atoms with van der Waals surface area (Å²) < 4.78 is 24.4. The van der Waals surface area contributed by atoms with Gasteiger partial charge in [0, 0.05) is 12.6 Å². The Morgan fingerprint density at radius 3 is 2.91 bits per heavy atom. The number of amides is 1. The Kier molecular flexibility index (Phi) is 4.85. The van der Waals surface area contributed by atoms with E-state index in [1.165, 1.54) is 6.07 Å². The standard InChI is InChI=1S/C15H22FN3O3/c1-10-9-21-6-5-19(10)13-7-12(11(16)8-17-13)18-14(20)22-15(2,3)4/h7-8,10H,5-6,9H2,1-4H3,(H,17,18,20)/t10-/m1/s1. The molecule has 1 aliphatic heterocycles. The molecule has 1 aromatic rings. The number of ether oxygens (including phenoxy) is 2. The van der Waals surface area contributed by atoms with E-state index in [2.05, 4.69) is 10.3 Å². The van der Waals surface area contributed by atoms with Crippen LogP contribution in [0.3, 0.4) is 0 Å². The number of carbonyl (C=O) groups is 1. The zero-order valence-electron chi connectivity index (χ0n) is 13.4. The number of nitrogens with zero attached hydrogens (tertiary/aromatic N) is 2. The number of morpholine rings is 1. The van der Waals surface area contributed by atoms with Crippen LogP contribution in [0.25, 0.3) is 0 Å². The molecule has 1 amide bonds. The first-order valence-corrected chi connectivity index (χ1v) is 7.26. The minimum Gasteiger partial charge on any atom is -0.444 e. The van der Waals surface area contributed by atoms with Gasteiger partial charge in [0.05, 0.1) is 31.1 Å². The quantitative estimate of drug-likeness (QED) is 0.910. The highest BCUT2D eigenvalue weighted by Crippen LogP contribution is 2.23. The predicted molar refractivity (Wildman–Crippen MR) is 81.7 cm³/mol. The third-order valence-corrected chi connectivity index (χ3v) is 3.14. The predicted octanol–water partition coefficient (Wildman–Crippen LogP) is 2.79. The second kappa shape index (κ2) is 6.48. The van der Waals surface area contributed by atoms with Crippen molar-refractivity contribution in [2.45, 2.75) is 39.3 Å². The zero-order valence-corrected chi connectivity index (χ0v) is 13.4. The molecule has 0 spiro atoms. The van der Waals surface area contributed by atoms with Gasteiger partial charge in [0.2, 0.25) is 0 Å². The normalized spacial score (nSPS) is 19.0. The average Bonchev–Trinajstić information content (AvgIpc) is 2.40. The molecule has 1 fully saturated rings. The smallest absolute Gasteiger partial charge is 0.412 e. The lowest BCUT2D eigenvalue weighted by Crippen LogP contribution is -2.44. The third kappa shape index (κ3) is 4.30. The molecule has 0 aromatic carbocycles. The van der Waals surface area contributed by atoms with Gasteiger partial charge in [-0.05, 0) is 27.7 Å². The van der Waals surface area contributed by atoms with Gasteiger partial charge in [0.25, 0.3) is 0 Å². The van der Waals surface area contributed by atoms with Crippen molar-refractivity contribution in [3.8, 4) is 0 Å². The van der Waals surface area contributed by atoms with Gasteiger partial charge in [-0.15, -0.1) is 0 Å². The van der Waals surface area contributed by atoms with Crippen LogP contribution >= 0.6 is 0 Å². The van der Waals surface area contributed by atoms with E-state index in [1.807, 2.05) is 11.8 Å². The molecule has 6 nitrogen and oxygen atoms in total. The number of nitrogens with one attached hydrogen (secondary N) is 1. The highest BCUT2D eigenvalue weighted by molar-refractivity contribution is 5.85. The first-order chi connectivity index (χ1) is 10.3. The SMILES string of the molecule is C[C@@H]1COCCN1c1cc(NC(=O)OC(C)(C)C)c(F)cn1. The molecule has 22 heavy (non-hydrogen) atoms. The molecular weight excluding hydrogens is 289 g/mol. The van der Waals surface area contributed by atoms with Gasteiger partial charge >= 0.3 is 6.09 Å².